The molecule has 0 spiro atoms. The lowest BCUT2D eigenvalue weighted by Gasteiger charge is -2.53. The second-order valence-corrected chi connectivity index (χ2v) is 7.93. The van der Waals surface area contributed by atoms with Gasteiger partial charge in [0.2, 0.25) is 5.95 Å². The topological polar surface area (TPSA) is 92.9 Å². The molecule has 0 aliphatic carbocycles. The molecular formula is C20H19F3N8O. The maximum absolute atomic E-state index is 13.4. The van der Waals surface area contributed by atoms with Crippen molar-refractivity contribution >= 4 is 11.9 Å². The average Bonchev–Trinajstić information content (AvgIpc) is 3.29. The Morgan fingerprint density at radius 2 is 1.97 bits per heavy atom. The summed E-state index contributed by atoms with van der Waals surface area (Å²) in [5.74, 6) is 0.507. The number of aryl methyl sites for hydroxylation is 1. The Morgan fingerprint density at radius 1 is 1.12 bits per heavy atom. The standard InChI is InChI=1S/C20H19F3N8O/c1-12-2-3-14(17(26-12)31-9-7-25-28-31)18(32)30-10-13-5-8-29(11-15(13)30)19-24-6-4-16(27-19)20(21,22)23/h2-4,6-7,9,13,15H,5,8,10-11H2,1H3/t13-,15-/m1/s1. The molecule has 0 aromatic carbocycles. The summed E-state index contributed by atoms with van der Waals surface area (Å²) in [4.78, 5) is 29.0. The number of nitrogens with zero attached hydrogens (tertiary/aromatic N) is 8. The van der Waals surface area contributed by atoms with Gasteiger partial charge in [-0.1, -0.05) is 5.21 Å². The van der Waals surface area contributed by atoms with Crippen LogP contribution >= 0.6 is 0 Å². The Bertz CT molecular complexity index is 1150. The fourth-order valence-electron chi connectivity index (χ4n) is 4.23. The van der Waals surface area contributed by atoms with E-state index in [-0.39, 0.29) is 23.8 Å². The van der Waals surface area contributed by atoms with Crippen LogP contribution < -0.4 is 4.90 Å². The predicted octanol–water partition coefficient (Wildman–Crippen LogP) is 2.13. The summed E-state index contributed by atoms with van der Waals surface area (Å²) in [7, 11) is 0. The first-order valence-electron chi connectivity index (χ1n) is 10.1. The Balaban J connectivity index is 1.38. The highest BCUT2D eigenvalue weighted by molar-refractivity contribution is 5.98. The number of carbonyl (C=O) groups is 1. The van der Waals surface area contributed by atoms with E-state index in [4.69, 9.17) is 0 Å². The van der Waals surface area contributed by atoms with Crippen LogP contribution in [0.25, 0.3) is 5.82 Å². The molecule has 2 saturated heterocycles. The third kappa shape index (κ3) is 3.55. The Kier molecular flexibility index (Phi) is 4.79. The molecule has 3 aromatic heterocycles. The van der Waals surface area contributed by atoms with Crippen molar-refractivity contribution in [2.45, 2.75) is 25.6 Å². The highest BCUT2D eigenvalue weighted by atomic mass is 19.4. The molecular weight excluding hydrogens is 425 g/mol. The second kappa shape index (κ2) is 7.53. The quantitative estimate of drug-likeness (QED) is 0.611. The first-order chi connectivity index (χ1) is 15.3. The van der Waals surface area contributed by atoms with E-state index in [1.807, 2.05) is 6.92 Å². The third-order valence-corrected chi connectivity index (χ3v) is 5.91. The molecule has 1 amide bonds. The van der Waals surface area contributed by atoms with Gasteiger partial charge in [-0.2, -0.15) is 13.2 Å². The van der Waals surface area contributed by atoms with Gasteiger partial charge in [-0.15, -0.1) is 5.10 Å². The number of fused-ring (bicyclic) bond motifs is 1. The Labute approximate surface area is 180 Å². The lowest BCUT2D eigenvalue weighted by atomic mass is 9.82. The first kappa shape index (κ1) is 20.3. The van der Waals surface area contributed by atoms with Gasteiger partial charge in [-0.3, -0.25) is 4.79 Å². The molecule has 32 heavy (non-hydrogen) atoms. The first-order valence-corrected chi connectivity index (χ1v) is 10.1. The van der Waals surface area contributed by atoms with Crippen molar-refractivity contribution in [3.63, 3.8) is 0 Å². The van der Waals surface area contributed by atoms with Gasteiger partial charge in [0.1, 0.15) is 5.69 Å². The molecule has 0 radical (unpaired) electrons. The van der Waals surface area contributed by atoms with Gasteiger partial charge in [0, 0.05) is 37.4 Å². The third-order valence-electron chi connectivity index (χ3n) is 5.91. The molecule has 3 aromatic rings. The van der Waals surface area contributed by atoms with Crippen LogP contribution in [0, 0.1) is 12.8 Å². The molecule has 2 fully saturated rings. The smallest absolute Gasteiger partial charge is 0.339 e. The van der Waals surface area contributed by atoms with E-state index in [1.54, 1.807) is 28.1 Å². The number of amides is 1. The zero-order valence-electron chi connectivity index (χ0n) is 17.1. The van der Waals surface area contributed by atoms with Crippen LogP contribution in [0.4, 0.5) is 19.1 Å². The Morgan fingerprint density at radius 3 is 2.72 bits per heavy atom. The average molecular weight is 444 g/mol. The summed E-state index contributed by atoms with van der Waals surface area (Å²) in [5, 5.41) is 7.74. The minimum Gasteiger partial charge on any atom is -0.339 e. The number of pyridine rings is 1. The highest BCUT2D eigenvalue weighted by Gasteiger charge is 2.46. The van der Waals surface area contributed by atoms with Crippen molar-refractivity contribution in [3.8, 4) is 5.82 Å². The van der Waals surface area contributed by atoms with Crippen molar-refractivity contribution in [3.05, 3.63) is 53.7 Å². The van der Waals surface area contributed by atoms with Crippen molar-refractivity contribution in [1.82, 2.24) is 34.8 Å². The van der Waals surface area contributed by atoms with E-state index in [0.29, 0.717) is 31.0 Å². The summed E-state index contributed by atoms with van der Waals surface area (Å²) < 4.78 is 40.6. The lowest BCUT2D eigenvalue weighted by Crippen LogP contribution is -2.66. The van der Waals surface area contributed by atoms with Crippen LogP contribution in [0.15, 0.2) is 36.8 Å². The van der Waals surface area contributed by atoms with Crippen molar-refractivity contribution in [2.75, 3.05) is 24.5 Å². The van der Waals surface area contributed by atoms with E-state index in [9.17, 15) is 18.0 Å². The van der Waals surface area contributed by atoms with Crippen LogP contribution in [-0.2, 0) is 6.18 Å². The fourth-order valence-corrected chi connectivity index (χ4v) is 4.23. The molecule has 0 N–H and O–H groups in total. The van der Waals surface area contributed by atoms with E-state index in [0.717, 1.165) is 24.4 Å². The number of rotatable bonds is 3. The van der Waals surface area contributed by atoms with E-state index >= 15 is 0 Å². The fraction of sp³-hybridized carbons (Fsp3) is 0.400. The molecule has 2 atom stereocenters. The van der Waals surface area contributed by atoms with Crippen molar-refractivity contribution in [1.29, 1.82) is 0 Å². The summed E-state index contributed by atoms with van der Waals surface area (Å²) in [5.41, 5.74) is 0.153. The number of halogens is 3. The number of piperidine rings is 1. The zero-order chi connectivity index (χ0) is 22.5. The summed E-state index contributed by atoms with van der Waals surface area (Å²) in [6.07, 6.45) is 0.445. The van der Waals surface area contributed by atoms with Gasteiger partial charge in [0.25, 0.3) is 5.91 Å². The minimum atomic E-state index is -4.54. The predicted molar refractivity (Wildman–Crippen MR) is 106 cm³/mol. The van der Waals surface area contributed by atoms with Gasteiger partial charge in [0.05, 0.1) is 24.0 Å². The van der Waals surface area contributed by atoms with Crippen molar-refractivity contribution < 1.29 is 18.0 Å². The number of likely N-dealkylation sites (tertiary alicyclic amines) is 1. The van der Waals surface area contributed by atoms with Gasteiger partial charge < -0.3 is 9.80 Å². The van der Waals surface area contributed by atoms with Gasteiger partial charge in [-0.25, -0.2) is 19.6 Å². The summed E-state index contributed by atoms with van der Waals surface area (Å²) in [6, 6.07) is 4.19. The van der Waals surface area contributed by atoms with E-state index in [1.165, 1.54) is 10.9 Å². The minimum absolute atomic E-state index is 0.0258. The van der Waals surface area contributed by atoms with Crippen LogP contribution in [0.5, 0.6) is 0 Å². The van der Waals surface area contributed by atoms with Crippen LogP contribution in [-0.4, -0.2) is 66.4 Å². The van der Waals surface area contributed by atoms with E-state index < -0.39 is 11.9 Å². The van der Waals surface area contributed by atoms with Crippen LogP contribution in [0.2, 0.25) is 0 Å². The van der Waals surface area contributed by atoms with E-state index in [2.05, 4.69) is 25.3 Å². The lowest BCUT2D eigenvalue weighted by molar-refractivity contribution is -0.141. The molecule has 5 heterocycles. The monoisotopic (exact) mass is 444 g/mol. The molecule has 0 saturated carbocycles. The maximum Gasteiger partial charge on any atom is 0.433 e. The van der Waals surface area contributed by atoms with Crippen LogP contribution in [0.1, 0.15) is 28.2 Å². The maximum atomic E-state index is 13.4. The molecule has 2 aliphatic heterocycles. The summed E-state index contributed by atoms with van der Waals surface area (Å²) in [6.45, 7) is 3.32. The SMILES string of the molecule is Cc1ccc(C(=O)N2C[C@H]3CCN(c4nccc(C(F)(F)F)n4)C[C@H]32)c(-n2ccnn2)n1. The molecule has 166 valence electrons. The van der Waals surface area contributed by atoms with Crippen LogP contribution in [0.3, 0.4) is 0 Å². The molecule has 9 nitrogen and oxygen atoms in total. The number of anilines is 1. The van der Waals surface area contributed by atoms with Gasteiger partial charge >= 0.3 is 6.18 Å². The number of alkyl halides is 3. The Hall–Kier alpha value is -3.57. The molecule has 5 rings (SSSR count). The number of aromatic nitrogens is 6. The zero-order valence-corrected chi connectivity index (χ0v) is 17.1. The molecule has 12 heteroatoms. The highest BCUT2D eigenvalue weighted by Crippen LogP contribution is 2.36. The summed E-state index contributed by atoms with van der Waals surface area (Å²) >= 11 is 0. The van der Waals surface area contributed by atoms with Gasteiger partial charge in [0.15, 0.2) is 5.82 Å². The van der Waals surface area contributed by atoms with Gasteiger partial charge in [-0.05, 0) is 31.5 Å². The number of hydrogen-bond acceptors (Lipinski definition) is 7. The second-order valence-electron chi connectivity index (χ2n) is 7.93. The molecule has 2 aliphatic rings. The number of hydrogen-bond donors (Lipinski definition) is 0. The molecule has 0 unspecified atom stereocenters. The number of carbonyl (C=O) groups excluding carboxylic acids is 1. The molecule has 0 bridgehead atoms. The largest absolute Gasteiger partial charge is 0.433 e. The normalized spacial score (nSPS) is 20.6. The van der Waals surface area contributed by atoms with Crippen molar-refractivity contribution in [2.24, 2.45) is 5.92 Å².